The molecule has 1 unspecified atom stereocenters. The maximum absolute atomic E-state index is 14.1. The Morgan fingerprint density at radius 1 is 1.11 bits per heavy atom. The number of carbonyl (C=O) groups is 2. The number of halogens is 2. The fourth-order valence-electron chi connectivity index (χ4n) is 4.25. The number of nitrogens with zero attached hydrogens (tertiary/aromatic N) is 3. The van der Waals surface area contributed by atoms with Crippen LogP contribution in [0.1, 0.15) is 37.0 Å². The topological polar surface area (TPSA) is 71.9 Å². The van der Waals surface area contributed by atoms with Crippen molar-refractivity contribution in [1.82, 2.24) is 4.98 Å². The molecular formula is C28H27F2N3O3. The molecule has 0 bridgehead atoms. The first-order valence-electron chi connectivity index (χ1n) is 11.6. The average molecular weight is 492 g/mol. The smallest absolute Gasteiger partial charge is 0.273 e. The quantitative estimate of drug-likeness (QED) is 0.378. The van der Waals surface area contributed by atoms with E-state index < -0.39 is 23.5 Å². The summed E-state index contributed by atoms with van der Waals surface area (Å²) in [7, 11) is 1.55. The predicted molar refractivity (Wildman–Crippen MR) is 134 cm³/mol. The molecule has 2 aromatic carbocycles. The Labute approximate surface area is 208 Å². The number of carbonyl (C=O) groups excluding carboxylic acids is 2. The lowest BCUT2D eigenvalue weighted by Crippen LogP contribution is -2.33. The summed E-state index contributed by atoms with van der Waals surface area (Å²) in [6, 6.07) is 14.7. The first-order chi connectivity index (χ1) is 17.1. The number of ketones is 1. The van der Waals surface area contributed by atoms with Crippen LogP contribution < -0.4 is 9.75 Å². The Morgan fingerprint density at radius 2 is 1.89 bits per heavy atom. The van der Waals surface area contributed by atoms with Gasteiger partial charge >= 0.3 is 0 Å². The van der Waals surface area contributed by atoms with Crippen molar-refractivity contribution in [2.45, 2.75) is 39.5 Å². The first kappa shape index (κ1) is 25.2. The van der Waals surface area contributed by atoms with E-state index in [0.717, 1.165) is 5.56 Å². The van der Waals surface area contributed by atoms with Crippen LogP contribution in [-0.4, -0.2) is 29.5 Å². The van der Waals surface area contributed by atoms with E-state index in [1.807, 2.05) is 19.1 Å². The molecule has 36 heavy (non-hydrogen) atoms. The van der Waals surface area contributed by atoms with Gasteiger partial charge in [0.15, 0.2) is 5.78 Å². The molecule has 4 rings (SSSR count). The molecule has 186 valence electrons. The Kier molecular flexibility index (Phi) is 6.97. The second-order valence-corrected chi connectivity index (χ2v) is 8.83. The molecule has 2 heterocycles. The average Bonchev–Trinajstić information content (AvgIpc) is 3.17. The summed E-state index contributed by atoms with van der Waals surface area (Å²) in [5.74, 6) is -4.35. The molecule has 0 saturated carbocycles. The molecule has 0 saturated heterocycles. The summed E-state index contributed by atoms with van der Waals surface area (Å²) in [6.07, 6.45) is 1.21. The monoisotopic (exact) mass is 491 g/mol. The number of ether oxygens (including phenoxy) is 1. The first-order valence-corrected chi connectivity index (χ1v) is 11.6. The van der Waals surface area contributed by atoms with Crippen molar-refractivity contribution in [2.75, 3.05) is 12.1 Å². The van der Waals surface area contributed by atoms with Crippen molar-refractivity contribution in [2.24, 2.45) is 11.0 Å². The van der Waals surface area contributed by atoms with Gasteiger partial charge in [-0.1, -0.05) is 25.1 Å². The number of hydrogen-bond donors (Lipinski definition) is 0. The Bertz CT molecular complexity index is 1350. The Balaban J connectivity index is 1.59. The molecule has 1 amide bonds. The second-order valence-electron chi connectivity index (χ2n) is 8.83. The fraction of sp³-hybridized carbons (Fsp3) is 0.286. The lowest BCUT2D eigenvalue weighted by Gasteiger charge is -2.17. The van der Waals surface area contributed by atoms with Crippen LogP contribution in [0.2, 0.25) is 0 Å². The highest BCUT2D eigenvalue weighted by molar-refractivity contribution is 6.27. The van der Waals surface area contributed by atoms with Crippen LogP contribution in [0.4, 0.5) is 14.5 Å². The van der Waals surface area contributed by atoms with Crippen LogP contribution in [0, 0.1) is 12.8 Å². The number of hydrogen-bond acceptors (Lipinski definition) is 5. The number of alkyl halides is 2. The Morgan fingerprint density at radius 3 is 2.58 bits per heavy atom. The molecule has 0 radical (unpaired) electrons. The van der Waals surface area contributed by atoms with Gasteiger partial charge in [0.05, 0.1) is 24.2 Å². The molecule has 6 nitrogen and oxygen atoms in total. The Hall–Kier alpha value is -3.94. The van der Waals surface area contributed by atoms with E-state index in [1.54, 1.807) is 44.5 Å². The summed E-state index contributed by atoms with van der Waals surface area (Å²) in [5, 5.41) is 5.57. The molecule has 3 aromatic rings. The summed E-state index contributed by atoms with van der Waals surface area (Å²) in [4.78, 5) is 30.8. The van der Waals surface area contributed by atoms with Gasteiger partial charge in [0, 0.05) is 30.2 Å². The maximum atomic E-state index is 14.1. The van der Waals surface area contributed by atoms with Crippen LogP contribution in [0.5, 0.6) is 5.75 Å². The molecule has 1 aromatic heterocycles. The highest BCUT2D eigenvalue weighted by Crippen LogP contribution is 2.35. The lowest BCUT2D eigenvalue weighted by molar-refractivity contribution is -0.128. The predicted octanol–water partition coefficient (Wildman–Crippen LogP) is 5.72. The van der Waals surface area contributed by atoms with Crippen molar-refractivity contribution >= 4 is 23.1 Å². The normalized spacial score (nSPS) is 15.7. The highest BCUT2D eigenvalue weighted by Gasteiger charge is 2.39. The van der Waals surface area contributed by atoms with Crippen molar-refractivity contribution in [3.8, 4) is 17.0 Å². The molecule has 0 fully saturated rings. The third-order valence-electron chi connectivity index (χ3n) is 6.24. The van der Waals surface area contributed by atoms with Crippen molar-refractivity contribution < 1.29 is 23.1 Å². The SMILES string of the molecule is CCC(F)(F)c1cccc(CC(=O)C2C(=O)N(c3ccc(OC)c(-c4cc(C)ccn4)c3)N=C2C)c1. The molecule has 0 spiro atoms. The van der Waals surface area contributed by atoms with E-state index in [2.05, 4.69) is 10.1 Å². The number of benzene rings is 2. The number of aryl methyl sites for hydroxylation is 1. The van der Waals surface area contributed by atoms with E-state index in [1.165, 1.54) is 30.1 Å². The minimum absolute atomic E-state index is 0.143. The minimum atomic E-state index is -2.98. The van der Waals surface area contributed by atoms with Crippen molar-refractivity contribution in [3.05, 3.63) is 77.5 Å². The minimum Gasteiger partial charge on any atom is -0.496 e. The zero-order chi connectivity index (χ0) is 26.0. The van der Waals surface area contributed by atoms with E-state index >= 15 is 0 Å². The number of hydrazone groups is 1. The number of methoxy groups -OCH3 is 1. The lowest BCUT2D eigenvalue weighted by atomic mass is 9.92. The van der Waals surface area contributed by atoms with Gasteiger partial charge in [-0.05, 0) is 61.4 Å². The number of amides is 1. The second kappa shape index (κ2) is 9.97. The summed E-state index contributed by atoms with van der Waals surface area (Å²) in [5.41, 5.74) is 3.49. The number of aromatic nitrogens is 1. The van der Waals surface area contributed by atoms with Crippen molar-refractivity contribution in [3.63, 3.8) is 0 Å². The van der Waals surface area contributed by atoms with Crippen LogP contribution in [0.15, 0.2) is 65.9 Å². The van der Waals surface area contributed by atoms with E-state index in [4.69, 9.17) is 4.74 Å². The molecule has 1 aliphatic heterocycles. The highest BCUT2D eigenvalue weighted by atomic mass is 19.3. The van der Waals surface area contributed by atoms with Crippen LogP contribution in [-0.2, 0) is 21.9 Å². The standard InChI is InChI=1S/C28H27F2N3O3/c1-5-28(29,30)20-8-6-7-19(14-20)15-24(34)26-18(3)32-33(27(26)35)21-9-10-25(36-4)22(16-21)23-13-17(2)11-12-31-23/h6-14,16,26H,5,15H2,1-4H3. The van der Waals surface area contributed by atoms with E-state index in [0.29, 0.717) is 34.0 Å². The van der Waals surface area contributed by atoms with Gasteiger partial charge in [-0.25, -0.2) is 8.78 Å². The van der Waals surface area contributed by atoms with Gasteiger partial charge in [0.25, 0.3) is 11.8 Å². The van der Waals surface area contributed by atoms with Gasteiger partial charge < -0.3 is 4.74 Å². The van der Waals surface area contributed by atoms with Gasteiger partial charge in [-0.3, -0.25) is 14.6 Å². The maximum Gasteiger partial charge on any atom is 0.273 e. The zero-order valence-corrected chi connectivity index (χ0v) is 20.6. The number of pyridine rings is 1. The molecular weight excluding hydrogens is 464 g/mol. The number of Topliss-reactive ketones (excluding diaryl/α,β-unsaturated/α-hetero) is 1. The number of rotatable bonds is 8. The fourth-order valence-corrected chi connectivity index (χ4v) is 4.25. The van der Waals surface area contributed by atoms with Crippen molar-refractivity contribution in [1.29, 1.82) is 0 Å². The van der Waals surface area contributed by atoms with Crippen LogP contribution in [0.3, 0.4) is 0 Å². The van der Waals surface area contributed by atoms with Gasteiger partial charge in [-0.2, -0.15) is 10.1 Å². The van der Waals surface area contributed by atoms with Gasteiger partial charge in [0.1, 0.15) is 11.7 Å². The largest absolute Gasteiger partial charge is 0.496 e. The van der Waals surface area contributed by atoms with E-state index in [9.17, 15) is 18.4 Å². The van der Waals surface area contributed by atoms with Crippen LogP contribution >= 0.6 is 0 Å². The zero-order valence-electron chi connectivity index (χ0n) is 20.6. The van der Waals surface area contributed by atoms with Gasteiger partial charge in [-0.15, -0.1) is 0 Å². The van der Waals surface area contributed by atoms with Crippen LogP contribution in [0.25, 0.3) is 11.3 Å². The number of anilines is 1. The third kappa shape index (κ3) is 4.89. The van der Waals surface area contributed by atoms with E-state index in [-0.39, 0.29) is 18.4 Å². The summed E-state index contributed by atoms with van der Waals surface area (Å²) in [6.45, 7) is 4.98. The summed E-state index contributed by atoms with van der Waals surface area (Å²) < 4.78 is 33.7. The molecule has 0 aliphatic carbocycles. The molecule has 1 atom stereocenters. The summed E-state index contributed by atoms with van der Waals surface area (Å²) >= 11 is 0. The molecule has 0 N–H and O–H groups in total. The molecule has 1 aliphatic rings. The third-order valence-corrected chi connectivity index (χ3v) is 6.24. The van der Waals surface area contributed by atoms with Gasteiger partial charge in [0.2, 0.25) is 0 Å². The molecule has 8 heteroatoms.